The number of carbonyl (C=O) groups excluding carboxylic acids is 1. The Labute approximate surface area is 120 Å². The number of nitrogens with zero attached hydrogens (tertiary/aromatic N) is 1. The number of hydrogen-bond acceptors (Lipinski definition) is 2. The quantitative estimate of drug-likeness (QED) is 0.769. The van der Waals surface area contributed by atoms with Gasteiger partial charge in [0.2, 0.25) is 0 Å². The third kappa shape index (κ3) is 3.03. The van der Waals surface area contributed by atoms with E-state index in [4.69, 9.17) is 4.74 Å². The highest BCUT2D eigenvalue weighted by molar-refractivity contribution is 5.67. The average molecular weight is 271 g/mol. The van der Waals surface area contributed by atoms with E-state index >= 15 is 0 Å². The lowest BCUT2D eigenvalue weighted by atomic mass is 9.78. The Morgan fingerprint density at radius 1 is 1.15 bits per heavy atom. The molecule has 1 heterocycles. The minimum atomic E-state index is -0.165. The lowest BCUT2D eigenvalue weighted by molar-refractivity contribution is 0.0637. The molecule has 1 aromatic carbocycles. The van der Waals surface area contributed by atoms with Crippen LogP contribution in [0.15, 0.2) is 42.5 Å². The van der Waals surface area contributed by atoms with Crippen molar-refractivity contribution in [1.29, 1.82) is 0 Å². The molecule has 3 nitrogen and oxygen atoms in total. The first-order valence-corrected chi connectivity index (χ1v) is 7.43. The van der Waals surface area contributed by atoms with Gasteiger partial charge in [-0.15, -0.1) is 0 Å². The van der Waals surface area contributed by atoms with Crippen LogP contribution in [0.1, 0.15) is 24.8 Å². The van der Waals surface area contributed by atoms with Crippen molar-refractivity contribution in [1.82, 2.24) is 4.90 Å². The van der Waals surface area contributed by atoms with Gasteiger partial charge in [-0.05, 0) is 36.7 Å². The number of allylic oxidation sites excluding steroid dienone is 2. The molecule has 1 amide bonds. The molecule has 20 heavy (non-hydrogen) atoms. The normalized spacial score (nSPS) is 25.1. The van der Waals surface area contributed by atoms with E-state index in [-0.39, 0.29) is 6.09 Å². The van der Waals surface area contributed by atoms with Gasteiger partial charge in [-0.2, -0.15) is 0 Å². The lowest BCUT2D eigenvalue weighted by Gasteiger charge is -2.38. The van der Waals surface area contributed by atoms with E-state index in [9.17, 15) is 4.79 Å². The van der Waals surface area contributed by atoms with E-state index < -0.39 is 0 Å². The fourth-order valence-corrected chi connectivity index (χ4v) is 3.18. The minimum Gasteiger partial charge on any atom is -0.445 e. The first kappa shape index (κ1) is 13.2. The maximum absolute atomic E-state index is 12.1. The monoisotopic (exact) mass is 271 g/mol. The standard InChI is InChI=1S/C17H21NO2/c19-17(20-13-14-6-2-1-3-7-14)18-11-10-15-8-4-5-9-16(15)12-18/h1-7,15-16H,8-13H2/t15-,16+/m1/s1. The maximum atomic E-state index is 12.1. The lowest BCUT2D eigenvalue weighted by Crippen LogP contribution is -2.44. The number of ether oxygens (including phenoxy) is 1. The molecule has 0 saturated carbocycles. The average Bonchev–Trinajstić information content (AvgIpc) is 2.53. The van der Waals surface area contributed by atoms with Gasteiger partial charge in [-0.3, -0.25) is 0 Å². The highest BCUT2D eigenvalue weighted by Gasteiger charge is 2.32. The Morgan fingerprint density at radius 3 is 2.70 bits per heavy atom. The number of carbonyl (C=O) groups is 1. The van der Waals surface area contributed by atoms with Gasteiger partial charge in [0.15, 0.2) is 0 Å². The smallest absolute Gasteiger partial charge is 0.410 e. The van der Waals surface area contributed by atoms with Gasteiger partial charge in [0.25, 0.3) is 0 Å². The molecule has 3 heteroatoms. The molecule has 2 atom stereocenters. The van der Waals surface area contributed by atoms with E-state index in [1.165, 1.54) is 6.42 Å². The van der Waals surface area contributed by atoms with Gasteiger partial charge in [-0.1, -0.05) is 42.5 Å². The number of piperidine rings is 1. The summed E-state index contributed by atoms with van der Waals surface area (Å²) >= 11 is 0. The van der Waals surface area contributed by atoms with Gasteiger partial charge >= 0.3 is 6.09 Å². The van der Waals surface area contributed by atoms with E-state index in [0.717, 1.165) is 37.4 Å². The Kier molecular flexibility index (Phi) is 4.05. The largest absolute Gasteiger partial charge is 0.445 e. The molecule has 1 aromatic rings. The van der Waals surface area contributed by atoms with Crippen LogP contribution in [-0.2, 0) is 11.3 Å². The van der Waals surface area contributed by atoms with Gasteiger partial charge in [0.1, 0.15) is 6.61 Å². The van der Waals surface area contributed by atoms with Crippen LogP contribution in [0, 0.1) is 11.8 Å². The zero-order valence-corrected chi connectivity index (χ0v) is 11.7. The van der Waals surface area contributed by atoms with Crippen LogP contribution >= 0.6 is 0 Å². The molecule has 1 aliphatic carbocycles. The first-order chi connectivity index (χ1) is 9.83. The van der Waals surface area contributed by atoms with Gasteiger partial charge in [0.05, 0.1) is 0 Å². The SMILES string of the molecule is O=C(OCc1ccccc1)N1CC[C@H]2CC=CC[C@H]2C1. The first-order valence-electron chi connectivity index (χ1n) is 7.43. The van der Waals surface area contributed by atoms with Crippen molar-refractivity contribution in [2.45, 2.75) is 25.9 Å². The number of likely N-dealkylation sites (tertiary alicyclic amines) is 1. The van der Waals surface area contributed by atoms with Crippen LogP contribution < -0.4 is 0 Å². The molecule has 1 fully saturated rings. The van der Waals surface area contributed by atoms with E-state index in [0.29, 0.717) is 12.5 Å². The van der Waals surface area contributed by atoms with Crippen molar-refractivity contribution < 1.29 is 9.53 Å². The fraction of sp³-hybridized carbons (Fsp3) is 0.471. The van der Waals surface area contributed by atoms with Crippen molar-refractivity contribution in [3.05, 3.63) is 48.0 Å². The van der Waals surface area contributed by atoms with Crippen molar-refractivity contribution in [3.63, 3.8) is 0 Å². The molecular formula is C17H21NO2. The van der Waals surface area contributed by atoms with Crippen LogP contribution in [0.5, 0.6) is 0 Å². The van der Waals surface area contributed by atoms with Crippen molar-refractivity contribution in [3.8, 4) is 0 Å². The molecule has 0 unspecified atom stereocenters. The second-order valence-electron chi connectivity index (χ2n) is 5.74. The molecule has 0 aromatic heterocycles. The predicted molar refractivity (Wildman–Crippen MR) is 78.2 cm³/mol. The van der Waals surface area contributed by atoms with Crippen LogP contribution in [0.2, 0.25) is 0 Å². The topological polar surface area (TPSA) is 29.5 Å². The Morgan fingerprint density at radius 2 is 1.90 bits per heavy atom. The van der Waals surface area contributed by atoms with Crippen LogP contribution in [0.25, 0.3) is 0 Å². The molecule has 0 spiro atoms. The summed E-state index contributed by atoms with van der Waals surface area (Å²) in [6.07, 6.45) is 7.76. The third-order valence-electron chi connectivity index (χ3n) is 4.40. The second kappa shape index (κ2) is 6.12. The molecule has 2 aliphatic rings. The summed E-state index contributed by atoms with van der Waals surface area (Å²) in [5.74, 6) is 1.39. The van der Waals surface area contributed by atoms with Crippen LogP contribution in [-0.4, -0.2) is 24.1 Å². The summed E-state index contributed by atoms with van der Waals surface area (Å²) in [6, 6.07) is 9.84. The summed E-state index contributed by atoms with van der Waals surface area (Å²) in [4.78, 5) is 14.0. The number of fused-ring (bicyclic) bond motifs is 1. The van der Waals surface area contributed by atoms with Crippen molar-refractivity contribution >= 4 is 6.09 Å². The maximum Gasteiger partial charge on any atom is 0.410 e. The Balaban J connectivity index is 1.52. The van der Waals surface area contributed by atoms with Gasteiger partial charge in [0, 0.05) is 13.1 Å². The fourth-order valence-electron chi connectivity index (χ4n) is 3.18. The summed E-state index contributed by atoms with van der Waals surface area (Å²) in [7, 11) is 0. The number of amides is 1. The van der Waals surface area contributed by atoms with Gasteiger partial charge < -0.3 is 9.64 Å². The van der Waals surface area contributed by atoms with E-state index in [1.54, 1.807) is 0 Å². The summed E-state index contributed by atoms with van der Waals surface area (Å²) in [6.45, 7) is 2.05. The molecule has 106 valence electrons. The zero-order valence-electron chi connectivity index (χ0n) is 11.7. The molecule has 0 bridgehead atoms. The Hall–Kier alpha value is -1.77. The third-order valence-corrected chi connectivity index (χ3v) is 4.40. The molecule has 1 aliphatic heterocycles. The molecule has 0 N–H and O–H groups in total. The van der Waals surface area contributed by atoms with Crippen molar-refractivity contribution in [2.75, 3.05) is 13.1 Å². The number of benzene rings is 1. The zero-order chi connectivity index (χ0) is 13.8. The minimum absolute atomic E-state index is 0.165. The Bertz CT molecular complexity index is 483. The summed E-state index contributed by atoms with van der Waals surface area (Å²) < 4.78 is 5.42. The number of hydrogen-bond donors (Lipinski definition) is 0. The summed E-state index contributed by atoms with van der Waals surface area (Å²) in [5.41, 5.74) is 1.04. The summed E-state index contributed by atoms with van der Waals surface area (Å²) in [5, 5.41) is 0. The van der Waals surface area contributed by atoms with Crippen molar-refractivity contribution in [2.24, 2.45) is 11.8 Å². The van der Waals surface area contributed by atoms with Gasteiger partial charge in [-0.25, -0.2) is 4.79 Å². The molecule has 1 saturated heterocycles. The van der Waals surface area contributed by atoms with E-state index in [2.05, 4.69) is 12.2 Å². The molecular weight excluding hydrogens is 250 g/mol. The highest BCUT2D eigenvalue weighted by Crippen LogP contribution is 2.32. The van der Waals surface area contributed by atoms with Crippen LogP contribution in [0.3, 0.4) is 0 Å². The molecule has 3 rings (SSSR count). The second-order valence-corrected chi connectivity index (χ2v) is 5.74. The van der Waals surface area contributed by atoms with Crippen LogP contribution in [0.4, 0.5) is 4.79 Å². The predicted octanol–water partition coefficient (Wildman–Crippen LogP) is 3.61. The highest BCUT2D eigenvalue weighted by atomic mass is 16.6. The number of rotatable bonds is 2. The van der Waals surface area contributed by atoms with E-state index in [1.807, 2.05) is 35.2 Å². The molecule has 0 radical (unpaired) electrons.